The van der Waals surface area contributed by atoms with Gasteiger partial charge in [0, 0.05) is 30.9 Å². The molecule has 0 fully saturated rings. The van der Waals surface area contributed by atoms with E-state index < -0.39 is 0 Å². The van der Waals surface area contributed by atoms with Crippen LogP contribution in [0, 0.1) is 0 Å². The average molecular weight is 269 g/mol. The lowest BCUT2D eigenvalue weighted by molar-refractivity contribution is 0.103. The number of ketones is 1. The van der Waals surface area contributed by atoms with E-state index in [1.807, 2.05) is 68.4 Å². The summed E-state index contributed by atoms with van der Waals surface area (Å²) in [6.07, 6.45) is 0. The molecule has 0 aliphatic heterocycles. The molecule has 2 rings (SSSR count). The van der Waals surface area contributed by atoms with E-state index in [4.69, 9.17) is 4.74 Å². The van der Waals surface area contributed by atoms with Crippen molar-refractivity contribution in [1.82, 2.24) is 0 Å². The molecule has 20 heavy (non-hydrogen) atoms. The van der Waals surface area contributed by atoms with Gasteiger partial charge < -0.3 is 9.64 Å². The van der Waals surface area contributed by atoms with Crippen LogP contribution in [-0.2, 0) is 0 Å². The molecule has 0 atom stereocenters. The monoisotopic (exact) mass is 269 g/mol. The molecule has 0 heterocycles. The fourth-order valence-electron chi connectivity index (χ4n) is 1.99. The van der Waals surface area contributed by atoms with Crippen LogP contribution >= 0.6 is 0 Å². The fourth-order valence-corrected chi connectivity index (χ4v) is 1.99. The van der Waals surface area contributed by atoms with Crippen LogP contribution in [-0.4, -0.2) is 26.5 Å². The molecule has 0 aliphatic carbocycles. The lowest BCUT2D eigenvalue weighted by Crippen LogP contribution is -2.10. The minimum absolute atomic E-state index is 0.00949. The number of benzene rings is 2. The molecular weight excluding hydrogens is 250 g/mol. The number of carbonyl (C=O) groups excluding carboxylic acids is 1. The second-order valence-electron chi connectivity index (χ2n) is 4.73. The van der Waals surface area contributed by atoms with Crippen LogP contribution in [0.25, 0.3) is 0 Å². The smallest absolute Gasteiger partial charge is 0.193 e. The van der Waals surface area contributed by atoms with E-state index in [1.54, 1.807) is 6.07 Å². The third-order valence-electron chi connectivity index (χ3n) is 3.03. The predicted octanol–water partition coefficient (Wildman–Crippen LogP) is 3.38. The SMILES string of the molecule is CCOc1cccc(C(=O)c2cccc(N(C)C)c2)c1. The number of rotatable bonds is 5. The Morgan fingerprint density at radius 3 is 2.35 bits per heavy atom. The third kappa shape index (κ3) is 3.18. The number of hydrogen-bond acceptors (Lipinski definition) is 3. The second kappa shape index (κ2) is 6.24. The van der Waals surface area contributed by atoms with E-state index in [0.717, 1.165) is 11.4 Å². The summed E-state index contributed by atoms with van der Waals surface area (Å²) in [5.41, 5.74) is 2.34. The summed E-state index contributed by atoms with van der Waals surface area (Å²) in [4.78, 5) is 14.5. The molecule has 2 aromatic rings. The maximum atomic E-state index is 12.5. The second-order valence-corrected chi connectivity index (χ2v) is 4.73. The molecule has 0 saturated carbocycles. The molecule has 0 spiro atoms. The predicted molar refractivity (Wildman–Crippen MR) is 81.8 cm³/mol. The Balaban J connectivity index is 2.31. The summed E-state index contributed by atoms with van der Waals surface area (Å²) in [6.45, 7) is 2.52. The van der Waals surface area contributed by atoms with Gasteiger partial charge in [-0.25, -0.2) is 0 Å². The number of carbonyl (C=O) groups is 1. The van der Waals surface area contributed by atoms with Crippen molar-refractivity contribution in [3.63, 3.8) is 0 Å². The zero-order valence-corrected chi connectivity index (χ0v) is 12.1. The van der Waals surface area contributed by atoms with Gasteiger partial charge in [-0.1, -0.05) is 24.3 Å². The summed E-state index contributed by atoms with van der Waals surface area (Å²) >= 11 is 0. The summed E-state index contributed by atoms with van der Waals surface area (Å²) in [5, 5.41) is 0. The van der Waals surface area contributed by atoms with Gasteiger partial charge in [-0.3, -0.25) is 4.79 Å². The number of anilines is 1. The highest BCUT2D eigenvalue weighted by molar-refractivity contribution is 6.09. The largest absolute Gasteiger partial charge is 0.494 e. The van der Waals surface area contributed by atoms with Gasteiger partial charge in [0.05, 0.1) is 6.61 Å². The molecule has 0 aliphatic rings. The average Bonchev–Trinajstić information content (AvgIpc) is 2.47. The summed E-state index contributed by atoms with van der Waals surface area (Å²) < 4.78 is 5.43. The molecule has 0 radical (unpaired) electrons. The minimum Gasteiger partial charge on any atom is -0.494 e. The first-order valence-electron chi connectivity index (χ1n) is 6.66. The van der Waals surface area contributed by atoms with Crippen LogP contribution in [0.3, 0.4) is 0 Å². The molecule has 104 valence electrons. The fraction of sp³-hybridized carbons (Fsp3) is 0.235. The summed E-state index contributed by atoms with van der Waals surface area (Å²) in [6, 6.07) is 14.9. The highest BCUT2D eigenvalue weighted by Crippen LogP contribution is 2.19. The number of hydrogen-bond donors (Lipinski definition) is 0. The summed E-state index contributed by atoms with van der Waals surface area (Å²) in [7, 11) is 3.92. The Kier molecular flexibility index (Phi) is 4.41. The normalized spacial score (nSPS) is 10.2. The molecule has 0 unspecified atom stereocenters. The van der Waals surface area contributed by atoms with Gasteiger partial charge >= 0.3 is 0 Å². The highest BCUT2D eigenvalue weighted by Gasteiger charge is 2.11. The van der Waals surface area contributed by atoms with Crippen LogP contribution in [0.5, 0.6) is 5.75 Å². The highest BCUT2D eigenvalue weighted by atomic mass is 16.5. The molecule has 2 aromatic carbocycles. The van der Waals surface area contributed by atoms with Crippen molar-refractivity contribution in [3.05, 3.63) is 59.7 Å². The van der Waals surface area contributed by atoms with Gasteiger partial charge in [-0.05, 0) is 31.2 Å². The topological polar surface area (TPSA) is 29.5 Å². The van der Waals surface area contributed by atoms with E-state index >= 15 is 0 Å². The van der Waals surface area contributed by atoms with Gasteiger partial charge in [0.15, 0.2) is 5.78 Å². The van der Waals surface area contributed by atoms with Gasteiger partial charge in [-0.2, -0.15) is 0 Å². The molecule has 0 amide bonds. The van der Waals surface area contributed by atoms with Gasteiger partial charge in [-0.15, -0.1) is 0 Å². The van der Waals surface area contributed by atoms with Gasteiger partial charge in [0.25, 0.3) is 0 Å². The molecular formula is C17H19NO2. The minimum atomic E-state index is 0.00949. The van der Waals surface area contributed by atoms with Crippen molar-refractivity contribution in [2.24, 2.45) is 0 Å². The van der Waals surface area contributed by atoms with Crippen LogP contribution in [0.4, 0.5) is 5.69 Å². The van der Waals surface area contributed by atoms with E-state index in [-0.39, 0.29) is 5.78 Å². The molecule has 0 bridgehead atoms. The number of ether oxygens (including phenoxy) is 1. The molecule has 0 aromatic heterocycles. The van der Waals surface area contributed by atoms with E-state index in [2.05, 4.69) is 0 Å². The Hall–Kier alpha value is -2.29. The first-order valence-corrected chi connectivity index (χ1v) is 6.66. The first kappa shape index (κ1) is 14.1. The first-order chi connectivity index (χ1) is 9.61. The van der Waals surface area contributed by atoms with E-state index in [1.165, 1.54) is 0 Å². The zero-order valence-electron chi connectivity index (χ0n) is 12.1. The maximum absolute atomic E-state index is 12.5. The van der Waals surface area contributed by atoms with Crippen molar-refractivity contribution in [2.45, 2.75) is 6.92 Å². The Morgan fingerprint density at radius 1 is 1.05 bits per heavy atom. The third-order valence-corrected chi connectivity index (χ3v) is 3.03. The van der Waals surface area contributed by atoms with Crippen LogP contribution in [0.2, 0.25) is 0 Å². The van der Waals surface area contributed by atoms with Crippen molar-refractivity contribution < 1.29 is 9.53 Å². The number of nitrogens with zero attached hydrogens (tertiary/aromatic N) is 1. The van der Waals surface area contributed by atoms with Crippen molar-refractivity contribution in [1.29, 1.82) is 0 Å². The molecule has 3 nitrogen and oxygen atoms in total. The Labute approximate surface area is 119 Å². The lowest BCUT2D eigenvalue weighted by Gasteiger charge is -2.13. The van der Waals surface area contributed by atoms with E-state index in [0.29, 0.717) is 17.7 Å². The van der Waals surface area contributed by atoms with Crippen LogP contribution in [0.1, 0.15) is 22.8 Å². The molecule has 0 saturated heterocycles. The molecule has 0 N–H and O–H groups in total. The van der Waals surface area contributed by atoms with Crippen LogP contribution < -0.4 is 9.64 Å². The Bertz CT molecular complexity index is 605. The van der Waals surface area contributed by atoms with Gasteiger partial charge in [0.1, 0.15) is 5.75 Å². The van der Waals surface area contributed by atoms with Crippen molar-refractivity contribution in [2.75, 3.05) is 25.6 Å². The zero-order chi connectivity index (χ0) is 14.5. The van der Waals surface area contributed by atoms with Crippen LogP contribution in [0.15, 0.2) is 48.5 Å². The Morgan fingerprint density at radius 2 is 1.70 bits per heavy atom. The van der Waals surface area contributed by atoms with Crippen molar-refractivity contribution in [3.8, 4) is 5.75 Å². The lowest BCUT2D eigenvalue weighted by atomic mass is 10.0. The quantitative estimate of drug-likeness (QED) is 0.779. The van der Waals surface area contributed by atoms with E-state index in [9.17, 15) is 4.79 Å². The standard InChI is InChI=1S/C17H19NO2/c1-4-20-16-10-6-8-14(12-16)17(19)13-7-5-9-15(11-13)18(2)3/h5-12H,4H2,1-3H3. The molecule has 3 heteroatoms. The van der Waals surface area contributed by atoms with Crippen molar-refractivity contribution >= 4 is 11.5 Å². The van der Waals surface area contributed by atoms with Gasteiger partial charge in [0.2, 0.25) is 0 Å². The maximum Gasteiger partial charge on any atom is 0.193 e. The summed E-state index contributed by atoms with van der Waals surface area (Å²) in [5.74, 6) is 0.734.